The molecule has 0 unspecified atom stereocenters. The zero-order valence-corrected chi connectivity index (χ0v) is 8.56. The summed E-state index contributed by atoms with van der Waals surface area (Å²) in [5.41, 5.74) is -0.269. The number of aromatic hydroxyl groups is 1. The molecule has 2 N–H and O–H groups in total. The highest BCUT2D eigenvalue weighted by molar-refractivity contribution is 6.38. The Morgan fingerprint density at radius 3 is 2.50 bits per heavy atom. The average Bonchev–Trinajstić information content (AvgIpc) is 2.12. The van der Waals surface area contributed by atoms with Gasteiger partial charge in [0.1, 0.15) is 5.02 Å². The Hall–Kier alpha value is -1.13. The number of carboxylic acid groups (broad SMARTS) is 1. The summed E-state index contributed by atoms with van der Waals surface area (Å²) in [5, 5.41) is 17.8. The van der Waals surface area contributed by atoms with Crippen molar-refractivity contribution in [2.45, 2.75) is 0 Å². The molecule has 0 aliphatic rings. The fourth-order valence-corrected chi connectivity index (χ4v) is 1.44. The summed E-state index contributed by atoms with van der Waals surface area (Å²) in [4.78, 5) is 10.6. The number of ether oxygens (including phenoxy) is 1. The van der Waals surface area contributed by atoms with E-state index in [4.69, 9.17) is 33.0 Å². The topological polar surface area (TPSA) is 66.8 Å². The van der Waals surface area contributed by atoms with Crippen molar-refractivity contribution in [3.05, 3.63) is 21.7 Å². The van der Waals surface area contributed by atoms with Gasteiger partial charge in [-0.25, -0.2) is 4.79 Å². The van der Waals surface area contributed by atoms with Crippen LogP contribution in [0.2, 0.25) is 10.0 Å². The first-order valence-electron chi connectivity index (χ1n) is 3.47. The second-order valence-corrected chi connectivity index (χ2v) is 3.19. The van der Waals surface area contributed by atoms with Gasteiger partial charge in [-0.2, -0.15) is 0 Å². The van der Waals surface area contributed by atoms with Crippen LogP contribution in [0.25, 0.3) is 0 Å². The van der Waals surface area contributed by atoms with Gasteiger partial charge in [-0.3, -0.25) is 0 Å². The number of hydrogen-bond acceptors (Lipinski definition) is 3. The number of carboxylic acids is 1. The van der Waals surface area contributed by atoms with Crippen LogP contribution in [0.5, 0.6) is 11.5 Å². The van der Waals surface area contributed by atoms with Gasteiger partial charge in [0.25, 0.3) is 0 Å². The fourth-order valence-electron chi connectivity index (χ4n) is 0.946. The highest BCUT2D eigenvalue weighted by Crippen LogP contribution is 2.41. The maximum atomic E-state index is 10.6. The molecule has 0 radical (unpaired) electrons. The van der Waals surface area contributed by atoms with Crippen LogP contribution in [0.1, 0.15) is 10.4 Å². The molecular weight excluding hydrogens is 231 g/mol. The first kappa shape index (κ1) is 10.9. The third-order valence-electron chi connectivity index (χ3n) is 1.58. The molecule has 76 valence electrons. The first-order chi connectivity index (χ1) is 6.49. The van der Waals surface area contributed by atoms with E-state index in [1.807, 2.05) is 0 Å². The maximum Gasteiger partial charge on any atom is 0.337 e. The lowest BCUT2D eigenvalue weighted by Crippen LogP contribution is -1.99. The average molecular weight is 237 g/mol. The van der Waals surface area contributed by atoms with Gasteiger partial charge < -0.3 is 14.9 Å². The predicted octanol–water partition coefficient (Wildman–Crippen LogP) is 2.41. The summed E-state index contributed by atoms with van der Waals surface area (Å²) in [6.45, 7) is 0. The van der Waals surface area contributed by atoms with E-state index in [9.17, 15) is 9.90 Å². The zero-order chi connectivity index (χ0) is 10.9. The summed E-state index contributed by atoms with van der Waals surface area (Å²) < 4.78 is 4.73. The Morgan fingerprint density at radius 2 is 2.07 bits per heavy atom. The molecule has 6 heteroatoms. The first-order valence-corrected chi connectivity index (χ1v) is 4.22. The number of halogens is 2. The van der Waals surface area contributed by atoms with Crippen molar-refractivity contribution in [1.82, 2.24) is 0 Å². The van der Waals surface area contributed by atoms with Crippen LogP contribution in [-0.4, -0.2) is 23.3 Å². The number of carbonyl (C=O) groups is 1. The van der Waals surface area contributed by atoms with Crippen molar-refractivity contribution in [3.8, 4) is 11.5 Å². The number of aromatic carboxylic acids is 1. The van der Waals surface area contributed by atoms with Crippen molar-refractivity contribution < 1.29 is 19.7 Å². The number of phenolic OH excluding ortho intramolecular Hbond substituents is 1. The van der Waals surface area contributed by atoms with Gasteiger partial charge in [0.15, 0.2) is 11.5 Å². The van der Waals surface area contributed by atoms with Crippen molar-refractivity contribution in [3.63, 3.8) is 0 Å². The maximum absolute atomic E-state index is 10.6. The molecule has 0 amide bonds. The molecule has 0 heterocycles. The number of methoxy groups -OCH3 is 1. The van der Waals surface area contributed by atoms with Gasteiger partial charge in [0.05, 0.1) is 17.7 Å². The summed E-state index contributed by atoms with van der Waals surface area (Å²) >= 11 is 11.2. The van der Waals surface area contributed by atoms with Crippen LogP contribution in [0.3, 0.4) is 0 Å². The van der Waals surface area contributed by atoms with Crippen LogP contribution in [0.15, 0.2) is 6.07 Å². The Balaban J connectivity index is 3.47. The van der Waals surface area contributed by atoms with Gasteiger partial charge in [0, 0.05) is 0 Å². The number of hydrogen-bond donors (Lipinski definition) is 2. The van der Waals surface area contributed by atoms with E-state index < -0.39 is 11.7 Å². The third kappa shape index (κ3) is 1.71. The molecule has 0 fully saturated rings. The van der Waals surface area contributed by atoms with E-state index >= 15 is 0 Å². The monoisotopic (exact) mass is 236 g/mol. The van der Waals surface area contributed by atoms with Crippen molar-refractivity contribution in [2.24, 2.45) is 0 Å². The third-order valence-corrected chi connectivity index (χ3v) is 2.25. The van der Waals surface area contributed by atoms with Crippen LogP contribution in [0.4, 0.5) is 0 Å². The molecule has 1 aromatic carbocycles. The summed E-state index contributed by atoms with van der Waals surface area (Å²) in [6, 6.07) is 1.12. The zero-order valence-electron chi connectivity index (χ0n) is 7.04. The smallest absolute Gasteiger partial charge is 0.337 e. The molecule has 0 spiro atoms. The highest BCUT2D eigenvalue weighted by Gasteiger charge is 2.19. The molecule has 4 nitrogen and oxygen atoms in total. The quantitative estimate of drug-likeness (QED) is 0.828. The van der Waals surface area contributed by atoms with Crippen LogP contribution >= 0.6 is 23.2 Å². The standard InChI is InChI=1S/C8H6Cl2O4/c1-14-7-4(9)2-3(8(12)13)5(10)6(7)11/h2,11H,1H3,(H,12,13). The predicted molar refractivity (Wildman–Crippen MR) is 51.6 cm³/mol. The molecule has 0 aromatic heterocycles. The molecule has 0 bridgehead atoms. The Labute approximate surface area is 89.6 Å². The Bertz CT molecular complexity index is 389. The van der Waals surface area contributed by atoms with E-state index in [1.54, 1.807) is 0 Å². The summed E-state index contributed by atoms with van der Waals surface area (Å²) in [7, 11) is 1.29. The second kappa shape index (κ2) is 3.94. The highest BCUT2D eigenvalue weighted by atomic mass is 35.5. The lowest BCUT2D eigenvalue weighted by molar-refractivity contribution is 0.0696. The molecule has 0 saturated heterocycles. The number of phenols is 1. The minimum atomic E-state index is -1.27. The van der Waals surface area contributed by atoms with Gasteiger partial charge in [-0.1, -0.05) is 23.2 Å². The van der Waals surface area contributed by atoms with E-state index in [2.05, 4.69) is 0 Å². The largest absolute Gasteiger partial charge is 0.503 e. The number of benzene rings is 1. The minimum Gasteiger partial charge on any atom is -0.503 e. The number of rotatable bonds is 2. The SMILES string of the molecule is COc1c(Cl)cc(C(=O)O)c(Cl)c1O. The Kier molecular flexibility index (Phi) is 3.08. The van der Waals surface area contributed by atoms with E-state index in [-0.39, 0.29) is 21.4 Å². The van der Waals surface area contributed by atoms with E-state index in [0.717, 1.165) is 6.07 Å². The lowest BCUT2D eigenvalue weighted by atomic mass is 10.2. The van der Waals surface area contributed by atoms with Crippen LogP contribution in [0, 0.1) is 0 Å². The minimum absolute atomic E-state index is 0.00759. The molecule has 0 atom stereocenters. The molecule has 0 saturated carbocycles. The molecular formula is C8H6Cl2O4. The molecule has 14 heavy (non-hydrogen) atoms. The second-order valence-electron chi connectivity index (χ2n) is 2.41. The van der Waals surface area contributed by atoms with Crippen LogP contribution in [-0.2, 0) is 0 Å². The van der Waals surface area contributed by atoms with Gasteiger partial charge in [0.2, 0.25) is 0 Å². The van der Waals surface area contributed by atoms with Gasteiger partial charge in [-0.15, -0.1) is 0 Å². The van der Waals surface area contributed by atoms with Crippen molar-refractivity contribution in [1.29, 1.82) is 0 Å². The molecule has 0 aliphatic carbocycles. The molecule has 0 aliphatic heterocycles. The molecule has 1 rings (SSSR count). The van der Waals surface area contributed by atoms with E-state index in [0.29, 0.717) is 0 Å². The lowest BCUT2D eigenvalue weighted by Gasteiger charge is -2.08. The summed E-state index contributed by atoms with van der Waals surface area (Å²) in [6.07, 6.45) is 0. The Morgan fingerprint density at radius 1 is 1.50 bits per heavy atom. The normalized spacial score (nSPS) is 9.93. The van der Waals surface area contributed by atoms with Crippen LogP contribution < -0.4 is 4.74 Å². The van der Waals surface area contributed by atoms with Crippen molar-refractivity contribution >= 4 is 29.2 Å². The summed E-state index contributed by atoms with van der Waals surface area (Å²) in [5.74, 6) is -1.78. The van der Waals surface area contributed by atoms with Gasteiger partial charge in [-0.05, 0) is 6.07 Å². The van der Waals surface area contributed by atoms with Crippen molar-refractivity contribution in [2.75, 3.05) is 7.11 Å². The van der Waals surface area contributed by atoms with Gasteiger partial charge >= 0.3 is 5.97 Å². The fraction of sp³-hybridized carbons (Fsp3) is 0.125. The van der Waals surface area contributed by atoms with E-state index in [1.165, 1.54) is 7.11 Å². The molecule has 1 aromatic rings.